The molecular formula is C17H23NO3. The van der Waals surface area contributed by atoms with Crippen LogP contribution in [-0.2, 0) is 16.0 Å². The molecule has 1 fully saturated rings. The van der Waals surface area contributed by atoms with Gasteiger partial charge in [-0.15, -0.1) is 0 Å². The molecule has 1 N–H and O–H groups in total. The second-order valence-electron chi connectivity index (χ2n) is 6.50. The maximum absolute atomic E-state index is 12.2. The fourth-order valence-electron chi connectivity index (χ4n) is 3.43. The Labute approximate surface area is 125 Å². The van der Waals surface area contributed by atoms with Gasteiger partial charge in [0.15, 0.2) is 0 Å². The van der Waals surface area contributed by atoms with Gasteiger partial charge in [0.25, 0.3) is 0 Å². The minimum Gasteiger partial charge on any atom is -0.487 e. The summed E-state index contributed by atoms with van der Waals surface area (Å²) in [7, 11) is 0. The fourth-order valence-corrected chi connectivity index (χ4v) is 3.43. The highest BCUT2D eigenvalue weighted by molar-refractivity contribution is 5.75. The average molecular weight is 289 g/mol. The molecule has 0 aliphatic carbocycles. The van der Waals surface area contributed by atoms with Gasteiger partial charge in [-0.2, -0.15) is 0 Å². The molecule has 2 heterocycles. The van der Waals surface area contributed by atoms with Crippen LogP contribution < -0.4 is 10.1 Å². The van der Waals surface area contributed by atoms with Crippen molar-refractivity contribution in [3.8, 4) is 5.75 Å². The van der Waals surface area contributed by atoms with Crippen molar-refractivity contribution in [3.63, 3.8) is 0 Å². The summed E-state index contributed by atoms with van der Waals surface area (Å²) in [5.41, 5.74) is 2.22. The topological polar surface area (TPSA) is 47.6 Å². The highest BCUT2D eigenvalue weighted by atomic mass is 16.5. The van der Waals surface area contributed by atoms with E-state index in [0.717, 1.165) is 24.3 Å². The molecule has 0 spiro atoms. The van der Waals surface area contributed by atoms with Crippen molar-refractivity contribution in [1.82, 2.24) is 5.32 Å². The Hall–Kier alpha value is -1.55. The first-order chi connectivity index (χ1) is 10.0. The Kier molecular flexibility index (Phi) is 3.66. The van der Waals surface area contributed by atoms with Crippen molar-refractivity contribution >= 4 is 5.97 Å². The molecule has 1 aromatic rings. The summed E-state index contributed by atoms with van der Waals surface area (Å²) in [6.07, 6.45) is 0.917. The smallest absolute Gasteiger partial charge is 0.310 e. The van der Waals surface area contributed by atoms with E-state index in [1.807, 2.05) is 6.92 Å². The van der Waals surface area contributed by atoms with Gasteiger partial charge >= 0.3 is 5.97 Å². The zero-order valence-corrected chi connectivity index (χ0v) is 12.9. The van der Waals surface area contributed by atoms with Crippen molar-refractivity contribution in [2.24, 2.45) is 5.92 Å². The number of hydrogen-bond acceptors (Lipinski definition) is 4. The number of hydrogen-bond donors (Lipinski definition) is 1. The number of nitrogens with one attached hydrogen (secondary N) is 1. The van der Waals surface area contributed by atoms with Gasteiger partial charge in [0.05, 0.1) is 12.5 Å². The van der Waals surface area contributed by atoms with E-state index in [1.165, 1.54) is 5.56 Å². The molecule has 114 valence electrons. The number of fused-ring (bicyclic) bond motifs is 1. The van der Waals surface area contributed by atoms with Crippen LogP contribution in [0.4, 0.5) is 0 Å². The highest BCUT2D eigenvalue weighted by Crippen LogP contribution is 2.43. The summed E-state index contributed by atoms with van der Waals surface area (Å²) >= 11 is 0. The predicted octanol–water partition coefficient (Wildman–Crippen LogP) is 2.27. The van der Waals surface area contributed by atoms with E-state index in [1.54, 1.807) is 0 Å². The summed E-state index contributed by atoms with van der Waals surface area (Å²) in [6, 6.07) is 6.28. The summed E-state index contributed by atoms with van der Waals surface area (Å²) < 4.78 is 11.4. The standard InChI is InChI=1S/C17H23NO3/c1-4-20-16(19)14-10-18-9-13(14)12-7-5-6-11-8-17(2,3)21-15(11)12/h5-7,13-14,18H,4,8-10H2,1-3H3. The lowest BCUT2D eigenvalue weighted by Gasteiger charge is -2.22. The zero-order valence-electron chi connectivity index (χ0n) is 12.9. The molecular weight excluding hydrogens is 266 g/mol. The molecule has 2 unspecified atom stereocenters. The molecule has 0 radical (unpaired) electrons. The minimum absolute atomic E-state index is 0.109. The van der Waals surface area contributed by atoms with Gasteiger partial charge in [-0.05, 0) is 31.9 Å². The minimum atomic E-state index is -0.163. The van der Waals surface area contributed by atoms with Gasteiger partial charge < -0.3 is 14.8 Å². The Morgan fingerprint density at radius 2 is 2.24 bits per heavy atom. The summed E-state index contributed by atoms with van der Waals surface area (Å²) in [5.74, 6) is 0.879. The number of benzene rings is 1. The highest BCUT2D eigenvalue weighted by Gasteiger charge is 2.40. The third kappa shape index (κ3) is 2.64. The molecule has 0 amide bonds. The number of ether oxygens (including phenoxy) is 2. The fraction of sp³-hybridized carbons (Fsp3) is 0.588. The molecule has 1 aromatic carbocycles. The lowest BCUT2D eigenvalue weighted by molar-refractivity contribution is -0.147. The second-order valence-corrected chi connectivity index (χ2v) is 6.50. The Balaban J connectivity index is 1.91. The van der Waals surface area contributed by atoms with Gasteiger partial charge in [-0.3, -0.25) is 4.79 Å². The maximum atomic E-state index is 12.2. The first-order valence-electron chi connectivity index (χ1n) is 7.70. The normalized spacial score (nSPS) is 26.2. The molecule has 0 aromatic heterocycles. The monoisotopic (exact) mass is 289 g/mol. The molecule has 21 heavy (non-hydrogen) atoms. The summed E-state index contributed by atoms with van der Waals surface area (Å²) in [6.45, 7) is 7.96. The average Bonchev–Trinajstić information content (AvgIpc) is 3.00. The Morgan fingerprint density at radius 1 is 1.43 bits per heavy atom. The molecule has 1 saturated heterocycles. The van der Waals surface area contributed by atoms with E-state index in [4.69, 9.17) is 9.47 Å². The van der Waals surface area contributed by atoms with Crippen LogP contribution in [0.3, 0.4) is 0 Å². The van der Waals surface area contributed by atoms with Crippen LogP contribution in [0.25, 0.3) is 0 Å². The van der Waals surface area contributed by atoms with Crippen molar-refractivity contribution in [2.75, 3.05) is 19.7 Å². The number of para-hydroxylation sites is 1. The van der Waals surface area contributed by atoms with Crippen LogP contribution in [0.5, 0.6) is 5.75 Å². The van der Waals surface area contributed by atoms with Crippen LogP contribution in [0.15, 0.2) is 18.2 Å². The summed E-state index contributed by atoms with van der Waals surface area (Å²) in [5, 5.41) is 3.32. The predicted molar refractivity (Wildman–Crippen MR) is 80.6 cm³/mol. The van der Waals surface area contributed by atoms with E-state index in [-0.39, 0.29) is 23.4 Å². The number of rotatable bonds is 3. The van der Waals surface area contributed by atoms with Gasteiger partial charge in [0, 0.05) is 25.4 Å². The van der Waals surface area contributed by atoms with Gasteiger partial charge in [-0.1, -0.05) is 18.2 Å². The van der Waals surface area contributed by atoms with Crippen molar-refractivity contribution in [2.45, 2.75) is 38.7 Å². The van der Waals surface area contributed by atoms with Crippen molar-refractivity contribution in [1.29, 1.82) is 0 Å². The molecule has 2 atom stereocenters. The molecule has 2 aliphatic heterocycles. The van der Waals surface area contributed by atoms with Crippen LogP contribution in [0.1, 0.15) is 37.8 Å². The number of carbonyl (C=O) groups excluding carboxylic acids is 1. The van der Waals surface area contributed by atoms with Crippen LogP contribution >= 0.6 is 0 Å². The third-order valence-corrected chi connectivity index (χ3v) is 4.32. The quantitative estimate of drug-likeness (QED) is 0.867. The number of esters is 1. The molecule has 3 rings (SSSR count). The van der Waals surface area contributed by atoms with E-state index in [9.17, 15) is 4.79 Å². The van der Waals surface area contributed by atoms with Crippen molar-refractivity contribution in [3.05, 3.63) is 29.3 Å². The zero-order chi connectivity index (χ0) is 15.0. The number of carbonyl (C=O) groups is 1. The third-order valence-electron chi connectivity index (χ3n) is 4.32. The molecule has 0 saturated carbocycles. The van der Waals surface area contributed by atoms with Crippen LogP contribution in [0.2, 0.25) is 0 Å². The van der Waals surface area contributed by atoms with E-state index >= 15 is 0 Å². The second kappa shape index (κ2) is 5.34. The SMILES string of the molecule is CCOC(=O)C1CNCC1c1cccc2c1OC(C)(C)C2. The maximum Gasteiger partial charge on any atom is 0.310 e. The van der Waals surface area contributed by atoms with Gasteiger partial charge in [0.1, 0.15) is 11.4 Å². The van der Waals surface area contributed by atoms with Crippen LogP contribution in [0, 0.1) is 5.92 Å². The molecule has 4 heteroatoms. The first kappa shape index (κ1) is 14.4. The lowest BCUT2D eigenvalue weighted by atomic mass is 9.87. The van der Waals surface area contributed by atoms with E-state index < -0.39 is 0 Å². The van der Waals surface area contributed by atoms with E-state index in [0.29, 0.717) is 13.2 Å². The van der Waals surface area contributed by atoms with Gasteiger partial charge in [0.2, 0.25) is 0 Å². The molecule has 4 nitrogen and oxygen atoms in total. The molecule has 2 aliphatic rings. The lowest BCUT2D eigenvalue weighted by Crippen LogP contribution is -2.26. The van der Waals surface area contributed by atoms with Crippen LogP contribution in [-0.4, -0.2) is 31.3 Å². The largest absolute Gasteiger partial charge is 0.487 e. The summed E-state index contributed by atoms with van der Waals surface area (Å²) in [4.78, 5) is 12.2. The van der Waals surface area contributed by atoms with E-state index in [2.05, 4.69) is 37.4 Å². The van der Waals surface area contributed by atoms with Crippen molar-refractivity contribution < 1.29 is 14.3 Å². The first-order valence-corrected chi connectivity index (χ1v) is 7.70. The Bertz CT molecular complexity index is 553. The Morgan fingerprint density at radius 3 is 3.00 bits per heavy atom. The molecule has 0 bridgehead atoms. The van der Waals surface area contributed by atoms with Gasteiger partial charge in [-0.25, -0.2) is 0 Å².